The smallest absolute Gasteiger partial charge is 0.416 e. The largest absolute Gasteiger partial charge is 0.492 e. The number of halogens is 4. The summed E-state index contributed by atoms with van der Waals surface area (Å²) in [6, 6.07) is 2.84. The van der Waals surface area contributed by atoms with E-state index in [2.05, 4.69) is 5.32 Å². The Balaban J connectivity index is 0.00000441. The number of alkyl halides is 3. The maximum absolute atomic E-state index is 12.7. The third-order valence-corrected chi connectivity index (χ3v) is 2.71. The quantitative estimate of drug-likeness (QED) is 0.831. The summed E-state index contributed by atoms with van der Waals surface area (Å²) in [7, 11) is 0. The number of benzene rings is 1. The van der Waals surface area contributed by atoms with Crippen molar-refractivity contribution >= 4 is 24.0 Å². The third kappa shape index (κ3) is 6.53. The molecule has 0 aromatic heterocycles. The van der Waals surface area contributed by atoms with Gasteiger partial charge in [-0.25, -0.2) is 0 Å². The summed E-state index contributed by atoms with van der Waals surface area (Å²) in [5.41, 5.74) is 4.72. The minimum atomic E-state index is -4.48. The van der Waals surface area contributed by atoms with Gasteiger partial charge in [-0.1, -0.05) is 0 Å². The van der Waals surface area contributed by atoms with E-state index < -0.39 is 17.6 Å². The SMILES string of the molecule is CCOc1ccc(C(F)(F)F)cc1NC(=O)CCC(C)N.Cl. The molecule has 1 atom stereocenters. The number of hydrogen-bond donors (Lipinski definition) is 2. The molecule has 1 rings (SSSR count). The van der Waals surface area contributed by atoms with Gasteiger partial charge in [0.05, 0.1) is 17.9 Å². The Morgan fingerprint density at radius 1 is 1.41 bits per heavy atom. The highest BCUT2D eigenvalue weighted by atomic mass is 35.5. The molecule has 0 saturated carbocycles. The summed E-state index contributed by atoms with van der Waals surface area (Å²) in [5.74, 6) is -0.188. The van der Waals surface area contributed by atoms with E-state index in [4.69, 9.17) is 10.5 Å². The molecule has 0 saturated heterocycles. The lowest BCUT2D eigenvalue weighted by molar-refractivity contribution is -0.137. The highest BCUT2D eigenvalue weighted by molar-refractivity contribution is 5.92. The van der Waals surface area contributed by atoms with Crippen molar-refractivity contribution in [2.75, 3.05) is 11.9 Å². The van der Waals surface area contributed by atoms with Gasteiger partial charge < -0.3 is 15.8 Å². The molecule has 0 aliphatic carbocycles. The van der Waals surface area contributed by atoms with Gasteiger partial charge in [0.15, 0.2) is 0 Å². The fourth-order valence-electron chi connectivity index (χ4n) is 1.66. The van der Waals surface area contributed by atoms with Gasteiger partial charge in [-0.2, -0.15) is 13.2 Å². The average molecular weight is 341 g/mol. The van der Waals surface area contributed by atoms with Crippen molar-refractivity contribution in [3.05, 3.63) is 23.8 Å². The van der Waals surface area contributed by atoms with Crippen molar-refractivity contribution < 1.29 is 22.7 Å². The number of amides is 1. The van der Waals surface area contributed by atoms with Crippen LogP contribution in [-0.4, -0.2) is 18.6 Å². The lowest BCUT2D eigenvalue weighted by Crippen LogP contribution is -2.20. The predicted molar refractivity (Wildman–Crippen MR) is 81.4 cm³/mol. The normalized spacial score (nSPS) is 12.3. The molecule has 0 spiro atoms. The van der Waals surface area contributed by atoms with Crippen molar-refractivity contribution in [3.63, 3.8) is 0 Å². The van der Waals surface area contributed by atoms with E-state index in [1.807, 2.05) is 0 Å². The number of carbonyl (C=O) groups excluding carboxylic acids is 1. The van der Waals surface area contributed by atoms with Crippen LogP contribution in [0.5, 0.6) is 5.75 Å². The summed E-state index contributed by atoms with van der Waals surface area (Å²) in [6.07, 6.45) is -3.88. The number of anilines is 1. The number of nitrogens with two attached hydrogens (primary N) is 1. The van der Waals surface area contributed by atoms with Crippen LogP contribution in [0.2, 0.25) is 0 Å². The molecule has 22 heavy (non-hydrogen) atoms. The maximum Gasteiger partial charge on any atom is 0.416 e. The Morgan fingerprint density at radius 2 is 2.05 bits per heavy atom. The zero-order valence-corrected chi connectivity index (χ0v) is 13.2. The van der Waals surface area contributed by atoms with E-state index in [1.54, 1.807) is 13.8 Å². The molecule has 0 fully saturated rings. The Kier molecular flexibility index (Phi) is 8.26. The minimum Gasteiger partial charge on any atom is -0.492 e. The fraction of sp³-hybridized carbons (Fsp3) is 0.500. The fourth-order valence-corrected chi connectivity index (χ4v) is 1.66. The van der Waals surface area contributed by atoms with Gasteiger partial charge in [0.2, 0.25) is 5.91 Å². The van der Waals surface area contributed by atoms with Crippen molar-refractivity contribution in [2.24, 2.45) is 5.73 Å². The molecule has 126 valence electrons. The van der Waals surface area contributed by atoms with Crippen LogP contribution in [0.3, 0.4) is 0 Å². The first-order chi connectivity index (χ1) is 9.74. The number of nitrogens with one attached hydrogen (secondary N) is 1. The molecule has 1 aromatic rings. The van der Waals surface area contributed by atoms with E-state index >= 15 is 0 Å². The van der Waals surface area contributed by atoms with E-state index in [-0.39, 0.29) is 42.9 Å². The zero-order chi connectivity index (χ0) is 16.0. The van der Waals surface area contributed by atoms with Gasteiger partial charge in [0.1, 0.15) is 5.75 Å². The molecule has 0 radical (unpaired) electrons. The van der Waals surface area contributed by atoms with Gasteiger partial charge in [-0.15, -0.1) is 12.4 Å². The highest BCUT2D eigenvalue weighted by Crippen LogP contribution is 2.35. The van der Waals surface area contributed by atoms with E-state index in [0.717, 1.165) is 12.1 Å². The molecule has 0 aliphatic rings. The van der Waals surface area contributed by atoms with Crippen LogP contribution < -0.4 is 15.8 Å². The molecule has 1 aromatic carbocycles. The molecule has 4 nitrogen and oxygen atoms in total. The van der Waals surface area contributed by atoms with Crippen LogP contribution in [0, 0.1) is 0 Å². The van der Waals surface area contributed by atoms with Gasteiger partial charge in [0.25, 0.3) is 0 Å². The molecule has 0 heterocycles. The van der Waals surface area contributed by atoms with E-state index in [1.165, 1.54) is 6.07 Å². The lowest BCUT2D eigenvalue weighted by atomic mass is 10.1. The van der Waals surface area contributed by atoms with Crippen LogP contribution in [0.4, 0.5) is 18.9 Å². The highest BCUT2D eigenvalue weighted by Gasteiger charge is 2.31. The van der Waals surface area contributed by atoms with Crippen LogP contribution in [0.25, 0.3) is 0 Å². The predicted octanol–water partition coefficient (Wildman–Crippen LogP) is 3.59. The summed E-state index contributed by atoms with van der Waals surface area (Å²) in [4.78, 5) is 11.7. The van der Waals surface area contributed by atoms with Crippen molar-refractivity contribution in [3.8, 4) is 5.75 Å². The Labute approximate surface area is 133 Å². The molecule has 1 unspecified atom stereocenters. The first-order valence-corrected chi connectivity index (χ1v) is 6.63. The molecular weight excluding hydrogens is 321 g/mol. The second-order valence-corrected chi connectivity index (χ2v) is 4.71. The Bertz CT molecular complexity index is 493. The molecule has 8 heteroatoms. The van der Waals surface area contributed by atoms with Crippen molar-refractivity contribution in [2.45, 2.75) is 38.9 Å². The molecule has 3 N–H and O–H groups in total. The van der Waals surface area contributed by atoms with Gasteiger partial charge in [-0.05, 0) is 38.5 Å². The summed E-state index contributed by atoms with van der Waals surface area (Å²) in [6.45, 7) is 3.75. The van der Waals surface area contributed by atoms with Crippen molar-refractivity contribution in [1.29, 1.82) is 0 Å². The maximum atomic E-state index is 12.7. The second-order valence-electron chi connectivity index (χ2n) is 4.71. The third-order valence-electron chi connectivity index (χ3n) is 2.71. The zero-order valence-electron chi connectivity index (χ0n) is 12.4. The standard InChI is InChI=1S/C14H19F3N2O2.ClH/c1-3-21-12-6-5-10(14(15,16)17)8-11(12)19-13(20)7-4-9(2)18;/h5-6,8-9H,3-4,7,18H2,1-2H3,(H,19,20);1H. The summed E-state index contributed by atoms with van der Waals surface area (Å²) in [5, 5.41) is 2.44. The van der Waals surface area contributed by atoms with Crippen LogP contribution in [0.1, 0.15) is 32.3 Å². The minimum absolute atomic E-state index is 0. The Morgan fingerprint density at radius 3 is 2.55 bits per heavy atom. The van der Waals surface area contributed by atoms with Gasteiger partial charge in [-0.3, -0.25) is 4.79 Å². The van der Waals surface area contributed by atoms with Crippen LogP contribution in [-0.2, 0) is 11.0 Å². The second kappa shape index (κ2) is 8.85. The molecule has 0 bridgehead atoms. The van der Waals surface area contributed by atoms with Gasteiger partial charge >= 0.3 is 6.18 Å². The lowest BCUT2D eigenvalue weighted by Gasteiger charge is -2.15. The number of hydrogen-bond acceptors (Lipinski definition) is 3. The first-order valence-electron chi connectivity index (χ1n) is 6.63. The number of ether oxygens (including phenoxy) is 1. The average Bonchev–Trinajstić information content (AvgIpc) is 2.37. The van der Waals surface area contributed by atoms with Crippen molar-refractivity contribution in [1.82, 2.24) is 0 Å². The number of carbonyl (C=O) groups is 1. The van der Waals surface area contributed by atoms with Crippen LogP contribution in [0.15, 0.2) is 18.2 Å². The molecular formula is C14H20ClF3N2O2. The Hall–Kier alpha value is -1.47. The van der Waals surface area contributed by atoms with Crippen LogP contribution >= 0.6 is 12.4 Å². The monoisotopic (exact) mass is 340 g/mol. The van der Waals surface area contributed by atoms with E-state index in [0.29, 0.717) is 6.42 Å². The van der Waals surface area contributed by atoms with E-state index in [9.17, 15) is 18.0 Å². The molecule has 1 amide bonds. The topological polar surface area (TPSA) is 64.3 Å². The van der Waals surface area contributed by atoms with Gasteiger partial charge in [0, 0.05) is 12.5 Å². The molecule has 0 aliphatic heterocycles. The summed E-state index contributed by atoms with van der Waals surface area (Å²) < 4.78 is 43.3. The first kappa shape index (κ1) is 20.5. The number of rotatable bonds is 6. The summed E-state index contributed by atoms with van der Waals surface area (Å²) >= 11 is 0.